The van der Waals surface area contributed by atoms with Crippen LogP contribution in [0.2, 0.25) is 0 Å². The number of nitrogens with zero attached hydrogens (tertiary/aromatic N) is 4. The highest BCUT2D eigenvalue weighted by molar-refractivity contribution is 5.96. The number of fused-ring (bicyclic) bond motifs is 1. The van der Waals surface area contributed by atoms with Crippen molar-refractivity contribution in [3.8, 4) is 6.07 Å². The van der Waals surface area contributed by atoms with Gasteiger partial charge in [0.05, 0.1) is 35.3 Å². The summed E-state index contributed by atoms with van der Waals surface area (Å²) in [6, 6.07) is 6.54. The van der Waals surface area contributed by atoms with E-state index in [0.717, 1.165) is 25.0 Å². The van der Waals surface area contributed by atoms with Gasteiger partial charge in [-0.25, -0.2) is 18.4 Å². The van der Waals surface area contributed by atoms with Crippen molar-refractivity contribution >= 4 is 34.2 Å². The molecular formula is C28H28F2N6O5. The quantitative estimate of drug-likeness (QED) is 0.470. The SMILES string of the molecule is CC(C)n1c(=O)n(CC2CC2)c(=O)c2cc(NC(=O)N3CCO[C@@H](C(=O)Nc4ccc(C#N)c(F)c4)C3)c(F)cc21. The Morgan fingerprint density at radius 2 is 1.88 bits per heavy atom. The van der Waals surface area contributed by atoms with Crippen molar-refractivity contribution in [3.63, 3.8) is 0 Å². The van der Waals surface area contributed by atoms with Crippen molar-refractivity contribution in [2.75, 3.05) is 30.3 Å². The number of hydrogen-bond donors (Lipinski definition) is 2. The molecule has 41 heavy (non-hydrogen) atoms. The van der Waals surface area contributed by atoms with E-state index in [-0.39, 0.29) is 66.0 Å². The number of halogens is 2. The summed E-state index contributed by atoms with van der Waals surface area (Å²) in [6.07, 6.45) is 0.767. The standard InChI is InChI=1S/C28H28F2N6O5/c1-15(2)36-23-11-21(30)22(10-19(23)26(38)35(28(36)40)13-16-3-4-16)33-27(39)34-7-8-41-24(14-34)25(37)32-18-6-5-17(12-31)20(29)9-18/h5-6,9-11,15-16,24H,3-4,7-8,13-14H2,1-2H3,(H,32,37)(H,33,39)/t24-/m1/s1. The van der Waals surface area contributed by atoms with E-state index in [4.69, 9.17) is 10.00 Å². The largest absolute Gasteiger partial charge is 0.365 e. The summed E-state index contributed by atoms with van der Waals surface area (Å²) in [5.74, 6) is -2.01. The van der Waals surface area contributed by atoms with Crippen LogP contribution in [0.1, 0.15) is 38.3 Å². The number of amides is 3. The molecule has 214 valence electrons. The highest BCUT2D eigenvalue weighted by atomic mass is 19.1. The zero-order chi connectivity index (χ0) is 29.4. The number of nitrogens with one attached hydrogen (secondary N) is 2. The van der Waals surface area contributed by atoms with Crippen molar-refractivity contribution in [3.05, 3.63) is 68.4 Å². The molecule has 1 atom stereocenters. The summed E-state index contributed by atoms with van der Waals surface area (Å²) >= 11 is 0. The van der Waals surface area contributed by atoms with Gasteiger partial charge in [-0.2, -0.15) is 5.26 Å². The Kier molecular flexibility index (Phi) is 7.59. The minimum atomic E-state index is -1.09. The van der Waals surface area contributed by atoms with E-state index in [1.165, 1.54) is 32.2 Å². The van der Waals surface area contributed by atoms with Crippen LogP contribution in [0, 0.1) is 28.9 Å². The average molecular weight is 567 g/mol. The first kappa shape index (κ1) is 28.0. The predicted molar refractivity (Wildman–Crippen MR) is 146 cm³/mol. The van der Waals surface area contributed by atoms with Gasteiger partial charge in [-0.1, -0.05) is 0 Å². The third-order valence-electron chi connectivity index (χ3n) is 7.16. The Morgan fingerprint density at radius 3 is 2.54 bits per heavy atom. The minimum Gasteiger partial charge on any atom is -0.365 e. The molecule has 0 bridgehead atoms. The normalized spacial score (nSPS) is 17.0. The molecule has 1 aliphatic carbocycles. The molecule has 2 heterocycles. The molecule has 3 aromatic rings. The highest BCUT2D eigenvalue weighted by Gasteiger charge is 2.30. The lowest BCUT2D eigenvalue weighted by Crippen LogP contribution is -2.51. The Labute approximate surface area is 232 Å². The van der Waals surface area contributed by atoms with Crippen LogP contribution in [0.15, 0.2) is 39.9 Å². The van der Waals surface area contributed by atoms with Crippen LogP contribution in [0.5, 0.6) is 0 Å². The smallest absolute Gasteiger partial charge is 0.331 e. The summed E-state index contributed by atoms with van der Waals surface area (Å²) in [7, 11) is 0. The van der Waals surface area contributed by atoms with E-state index < -0.39 is 40.9 Å². The van der Waals surface area contributed by atoms with Gasteiger partial charge in [0, 0.05) is 30.9 Å². The molecule has 1 aromatic heterocycles. The molecule has 2 N–H and O–H groups in total. The summed E-state index contributed by atoms with van der Waals surface area (Å²) in [6.45, 7) is 3.77. The maximum atomic E-state index is 15.2. The lowest BCUT2D eigenvalue weighted by atomic mass is 10.1. The first-order chi connectivity index (χ1) is 19.6. The van der Waals surface area contributed by atoms with E-state index in [1.807, 2.05) is 0 Å². The summed E-state index contributed by atoms with van der Waals surface area (Å²) in [5, 5.41) is 13.9. The van der Waals surface area contributed by atoms with Gasteiger partial charge in [0.2, 0.25) is 0 Å². The molecule has 2 aromatic carbocycles. The Bertz CT molecular complexity index is 1710. The van der Waals surface area contributed by atoms with Gasteiger partial charge in [-0.05, 0) is 56.9 Å². The number of urea groups is 1. The van der Waals surface area contributed by atoms with Gasteiger partial charge in [-0.3, -0.25) is 18.7 Å². The Balaban J connectivity index is 1.35. The van der Waals surface area contributed by atoms with Crippen molar-refractivity contribution in [2.45, 2.75) is 45.4 Å². The number of benzene rings is 2. The second-order valence-electron chi connectivity index (χ2n) is 10.5. The Hall–Kier alpha value is -4.57. The molecule has 3 amide bonds. The maximum Gasteiger partial charge on any atom is 0.331 e. The first-order valence-electron chi connectivity index (χ1n) is 13.2. The first-order valence-corrected chi connectivity index (χ1v) is 13.2. The van der Waals surface area contributed by atoms with Gasteiger partial charge in [-0.15, -0.1) is 0 Å². The molecule has 1 saturated heterocycles. The van der Waals surface area contributed by atoms with Crippen molar-refractivity contribution in [1.82, 2.24) is 14.0 Å². The minimum absolute atomic E-state index is 0.0139. The monoisotopic (exact) mass is 566 g/mol. The zero-order valence-electron chi connectivity index (χ0n) is 22.4. The lowest BCUT2D eigenvalue weighted by Gasteiger charge is -2.32. The zero-order valence-corrected chi connectivity index (χ0v) is 22.4. The predicted octanol–water partition coefficient (Wildman–Crippen LogP) is 3.18. The third kappa shape index (κ3) is 5.69. The molecule has 0 spiro atoms. The van der Waals surface area contributed by atoms with Crippen LogP contribution in [0.25, 0.3) is 10.9 Å². The van der Waals surface area contributed by atoms with Crippen molar-refractivity contribution < 1.29 is 23.1 Å². The number of carbonyl (C=O) groups is 2. The molecule has 2 aliphatic rings. The van der Waals surface area contributed by atoms with Crippen LogP contribution >= 0.6 is 0 Å². The van der Waals surface area contributed by atoms with Crippen molar-refractivity contribution in [2.24, 2.45) is 5.92 Å². The summed E-state index contributed by atoms with van der Waals surface area (Å²) in [4.78, 5) is 53.4. The van der Waals surface area contributed by atoms with Gasteiger partial charge < -0.3 is 20.3 Å². The van der Waals surface area contributed by atoms with E-state index in [9.17, 15) is 23.6 Å². The van der Waals surface area contributed by atoms with E-state index >= 15 is 4.39 Å². The molecular weight excluding hydrogens is 538 g/mol. The van der Waals surface area contributed by atoms with E-state index in [1.54, 1.807) is 19.9 Å². The topological polar surface area (TPSA) is 138 Å². The molecule has 13 heteroatoms. The number of carbonyl (C=O) groups excluding carboxylic acids is 2. The second kappa shape index (κ2) is 11.1. The van der Waals surface area contributed by atoms with Crippen LogP contribution in [0.3, 0.4) is 0 Å². The Morgan fingerprint density at radius 1 is 1.12 bits per heavy atom. The fourth-order valence-electron chi connectivity index (χ4n) is 4.81. The van der Waals surface area contributed by atoms with Crippen LogP contribution in [-0.4, -0.2) is 51.8 Å². The number of anilines is 2. The average Bonchev–Trinajstić information content (AvgIpc) is 3.76. The number of nitriles is 1. The summed E-state index contributed by atoms with van der Waals surface area (Å²) < 4.78 is 37.1. The summed E-state index contributed by atoms with van der Waals surface area (Å²) in [5.41, 5.74) is -1.21. The second-order valence-corrected chi connectivity index (χ2v) is 10.5. The van der Waals surface area contributed by atoms with Gasteiger partial charge >= 0.3 is 11.7 Å². The number of hydrogen-bond acceptors (Lipinski definition) is 6. The lowest BCUT2D eigenvalue weighted by molar-refractivity contribution is -0.131. The number of morpholine rings is 1. The number of aromatic nitrogens is 2. The molecule has 2 fully saturated rings. The number of ether oxygens (including phenoxy) is 1. The van der Waals surface area contributed by atoms with E-state index in [0.29, 0.717) is 0 Å². The van der Waals surface area contributed by atoms with Crippen LogP contribution < -0.4 is 21.9 Å². The fraction of sp³-hybridized carbons (Fsp3) is 0.393. The van der Waals surface area contributed by atoms with Gasteiger partial charge in [0.15, 0.2) is 6.10 Å². The molecule has 11 nitrogen and oxygen atoms in total. The van der Waals surface area contributed by atoms with E-state index in [2.05, 4.69) is 10.6 Å². The van der Waals surface area contributed by atoms with Gasteiger partial charge in [0.25, 0.3) is 11.5 Å². The maximum absolute atomic E-state index is 15.2. The molecule has 1 saturated carbocycles. The molecule has 0 unspecified atom stereocenters. The van der Waals surface area contributed by atoms with Crippen molar-refractivity contribution in [1.29, 1.82) is 5.26 Å². The molecule has 5 rings (SSSR count). The highest BCUT2D eigenvalue weighted by Crippen LogP contribution is 2.30. The van der Waals surface area contributed by atoms with Crippen LogP contribution in [-0.2, 0) is 16.1 Å². The molecule has 1 aliphatic heterocycles. The third-order valence-corrected chi connectivity index (χ3v) is 7.16. The molecule has 0 radical (unpaired) electrons. The van der Waals surface area contributed by atoms with Gasteiger partial charge in [0.1, 0.15) is 17.7 Å². The van der Waals surface area contributed by atoms with Crippen LogP contribution in [0.4, 0.5) is 25.0 Å². The fourth-order valence-corrected chi connectivity index (χ4v) is 4.81. The number of rotatable bonds is 6.